The van der Waals surface area contributed by atoms with E-state index in [2.05, 4.69) is 4.74 Å². The number of ether oxygens (including phenoxy) is 1. The fourth-order valence-electron chi connectivity index (χ4n) is 2.26. The predicted octanol–water partition coefficient (Wildman–Crippen LogP) is 3.52. The smallest absolute Gasteiger partial charge is 0.345 e. The molecule has 0 aliphatic carbocycles. The minimum atomic E-state index is -0.885. The van der Waals surface area contributed by atoms with Gasteiger partial charge in [-0.1, -0.05) is 0 Å². The van der Waals surface area contributed by atoms with Crippen molar-refractivity contribution in [2.75, 3.05) is 7.11 Å². The fourth-order valence-corrected chi connectivity index (χ4v) is 2.26. The molecule has 3 aromatic rings. The zero-order chi connectivity index (χ0) is 16.6. The van der Waals surface area contributed by atoms with Gasteiger partial charge in [0.05, 0.1) is 12.5 Å². The number of halogens is 2. The molecule has 0 aliphatic rings. The molecule has 0 N–H and O–H groups in total. The van der Waals surface area contributed by atoms with Gasteiger partial charge in [-0.3, -0.25) is 4.79 Å². The average Bonchev–Trinajstić information content (AvgIpc) is 2.54. The van der Waals surface area contributed by atoms with Crippen LogP contribution in [0.5, 0.6) is 0 Å². The Morgan fingerprint density at radius 3 is 2.35 bits per heavy atom. The highest BCUT2D eigenvalue weighted by molar-refractivity contribution is 5.98. The Bertz CT molecular complexity index is 959. The standard InChI is InChI=1S/C17H10F2O4/c1-22-17(21)14-15(20)12-7-6-11(19)8-13(12)23-16(14)9-2-4-10(18)5-3-9/h2-8H,1H3. The van der Waals surface area contributed by atoms with Gasteiger partial charge in [0.25, 0.3) is 0 Å². The highest BCUT2D eigenvalue weighted by Crippen LogP contribution is 2.27. The zero-order valence-corrected chi connectivity index (χ0v) is 11.9. The minimum Gasteiger partial charge on any atom is -0.465 e. The number of rotatable bonds is 2. The summed E-state index contributed by atoms with van der Waals surface area (Å²) in [6, 6.07) is 8.40. The summed E-state index contributed by atoms with van der Waals surface area (Å²) < 4.78 is 36.6. The Kier molecular flexibility index (Phi) is 3.65. The van der Waals surface area contributed by atoms with Gasteiger partial charge in [0.15, 0.2) is 11.3 Å². The Balaban J connectivity index is 2.40. The van der Waals surface area contributed by atoms with Crippen molar-refractivity contribution in [3.8, 4) is 11.3 Å². The van der Waals surface area contributed by atoms with E-state index in [4.69, 9.17) is 4.42 Å². The number of hydrogen-bond donors (Lipinski definition) is 0. The summed E-state index contributed by atoms with van der Waals surface area (Å²) in [5.41, 5.74) is -0.673. The largest absolute Gasteiger partial charge is 0.465 e. The first-order chi connectivity index (χ1) is 11.0. The van der Waals surface area contributed by atoms with Crippen LogP contribution >= 0.6 is 0 Å². The van der Waals surface area contributed by atoms with Crippen LogP contribution in [-0.4, -0.2) is 13.1 Å². The first-order valence-electron chi connectivity index (χ1n) is 6.62. The molecule has 0 atom stereocenters. The lowest BCUT2D eigenvalue weighted by atomic mass is 10.0. The van der Waals surface area contributed by atoms with Crippen LogP contribution in [0.2, 0.25) is 0 Å². The van der Waals surface area contributed by atoms with Gasteiger partial charge in [0.1, 0.15) is 17.2 Å². The third-order valence-electron chi connectivity index (χ3n) is 3.35. The molecule has 1 heterocycles. The highest BCUT2D eigenvalue weighted by Gasteiger charge is 2.23. The number of carbonyl (C=O) groups is 1. The van der Waals surface area contributed by atoms with Crippen molar-refractivity contribution in [2.45, 2.75) is 0 Å². The molecule has 0 amide bonds. The second-order valence-electron chi connectivity index (χ2n) is 4.77. The van der Waals surface area contributed by atoms with Gasteiger partial charge >= 0.3 is 5.97 Å². The van der Waals surface area contributed by atoms with E-state index in [0.717, 1.165) is 31.4 Å². The van der Waals surface area contributed by atoms with Crippen molar-refractivity contribution in [1.29, 1.82) is 0 Å². The van der Waals surface area contributed by atoms with Crippen LogP contribution in [0, 0.1) is 11.6 Å². The molecule has 0 radical (unpaired) electrons. The number of benzene rings is 2. The Morgan fingerprint density at radius 2 is 1.70 bits per heavy atom. The molecule has 2 aromatic carbocycles. The first-order valence-corrected chi connectivity index (χ1v) is 6.62. The molecule has 116 valence electrons. The molecule has 1 aromatic heterocycles. The topological polar surface area (TPSA) is 56.5 Å². The summed E-state index contributed by atoms with van der Waals surface area (Å²) in [6.07, 6.45) is 0. The quantitative estimate of drug-likeness (QED) is 0.679. The van der Waals surface area contributed by atoms with E-state index < -0.39 is 23.0 Å². The molecular formula is C17H10F2O4. The highest BCUT2D eigenvalue weighted by atomic mass is 19.1. The van der Waals surface area contributed by atoms with Crippen molar-refractivity contribution in [1.82, 2.24) is 0 Å². The molecule has 23 heavy (non-hydrogen) atoms. The number of hydrogen-bond acceptors (Lipinski definition) is 4. The molecule has 0 unspecified atom stereocenters. The van der Waals surface area contributed by atoms with Crippen molar-refractivity contribution < 1.29 is 22.7 Å². The first kappa shape index (κ1) is 14.9. The van der Waals surface area contributed by atoms with Crippen molar-refractivity contribution in [3.63, 3.8) is 0 Å². The van der Waals surface area contributed by atoms with Gasteiger partial charge < -0.3 is 9.15 Å². The lowest BCUT2D eigenvalue weighted by Crippen LogP contribution is -2.18. The Hall–Kier alpha value is -3.02. The lowest BCUT2D eigenvalue weighted by molar-refractivity contribution is 0.0598. The monoisotopic (exact) mass is 316 g/mol. The van der Waals surface area contributed by atoms with Crippen molar-refractivity contribution >= 4 is 16.9 Å². The van der Waals surface area contributed by atoms with Gasteiger partial charge in [-0.25, -0.2) is 13.6 Å². The van der Waals surface area contributed by atoms with E-state index >= 15 is 0 Å². The molecule has 6 heteroatoms. The maximum Gasteiger partial charge on any atom is 0.345 e. The number of esters is 1. The van der Waals surface area contributed by atoms with Crippen LogP contribution in [0.4, 0.5) is 8.78 Å². The third kappa shape index (κ3) is 2.59. The molecule has 3 rings (SSSR count). The number of carbonyl (C=O) groups excluding carboxylic acids is 1. The maximum absolute atomic E-state index is 13.4. The van der Waals surface area contributed by atoms with Crippen LogP contribution in [-0.2, 0) is 4.74 Å². The van der Waals surface area contributed by atoms with Crippen LogP contribution < -0.4 is 5.43 Å². The van der Waals surface area contributed by atoms with E-state index in [1.807, 2.05) is 0 Å². The van der Waals surface area contributed by atoms with Gasteiger partial charge in [0.2, 0.25) is 5.43 Å². The van der Waals surface area contributed by atoms with Gasteiger partial charge in [-0.2, -0.15) is 0 Å². The predicted molar refractivity (Wildman–Crippen MR) is 79.2 cm³/mol. The van der Waals surface area contributed by atoms with Crippen LogP contribution in [0.3, 0.4) is 0 Å². The third-order valence-corrected chi connectivity index (χ3v) is 3.35. The molecule has 0 fully saturated rings. The van der Waals surface area contributed by atoms with Gasteiger partial charge in [-0.05, 0) is 36.4 Å². The summed E-state index contributed by atoms with van der Waals surface area (Å²) >= 11 is 0. The Morgan fingerprint density at radius 1 is 1.04 bits per heavy atom. The van der Waals surface area contributed by atoms with E-state index in [-0.39, 0.29) is 22.3 Å². The fraction of sp³-hybridized carbons (Fsp3) is 0.0588. The van der Waals surface area contributed by atoms with E-state index in [9.17, 15) is 18.4 Å². The van der Waals surface area contributed by atoms with Crippen molar-refractivity contribution in [2.24, 2.45) is 0 Å². The van der Waals surface area contributed by atoms with E-state index in [1.165, 1.54) is 18.2 Å². The summed E-state index contributed by atoms with van der Waals surface area (Å²) in [4.78, 5) is 24.5. The van der Waals surface area contributed by atoms with Crippen LogP contribution in [0.1, 0.15) is 10.4 Å². The zero-order valence-electron chi connectivity index (χ0n) is 11.9. The minimum absolute atomic E-state index is 0.0121. The van der Waals surface area contributed by atoms with Crippen molar-refractivity contribution in [3.05, 3.63) is 69.9 Å². The Labute approximate surface area is 128 Å². The van der Waals surface area contributed by atoms with E-state index in [1.54, 1.807) is 0 Å². The molecule has 0 saturated carbocycles. The molecule has 0 saturated heterocycles. The second-order valence-corrected chi connectivity index (χ2v) is 4.77. The summed E-state index contributed by atoms with van der Waals surface area (Å²) in [5, 5.41) is 0.0534. The molecule has 0 aliphatic heterocycles. The average molecular weight is 316 g/mol. The molecule has 0 spiro atoms. The van der Waals surface area contributed by atoms with Crippen LogP contribution in [0.25, 0.3) is 22.3 Å². The SMILES string of the molecule is COC(=O)c1c(-c2ccc(F)cc2)oc2cc(F)ccc2c1=O. The van der Waals surface area contributed by atoms with Gasteiger partial charge in [-0.15, -0.1) is 0 Å². The van der Waals surface area contributed by atoms with E-state index in [0.29, 0.717) is 5.56 Å². The van der Waals surface area contributed by atoms with Crippen LogP contribution in [0.15, 0.2) is 51.7 Å². The molecule has 0 bridgehead atoms. The summed E-state index contributed by atoms with van der Waals surface area (Å²) in [5.74, 6) is -2.05. The number of methoxy groups -OCH3 is 1. The maximum atomic E-state index is 13.4. The number of fused-ring (bicyclic) bond motifs is 1. The molecule has 4 nitrogen and oxygen atoms in total. The summed E-state index contributed by atoms with van der Waals surface area (Å²) in [7, 11) is 1.13. The summed E-state index contributed by atoms with van der Waals surface area (Å²) in [6.45, 7) is 0. The van der Waals surface area contributed by atoms with Gasteiger partial charge in [0, 0.05) is 11.6 Å². The lowest BCUT2D eigenvalue weighted by Gasteiger charge is -2.09. The second kappa shape index (κ2) is 5.64. The normalized spacial score (nSPS) is 10.7. The molecular weight excluding hydrogens is 306 g/mol.